The van der Waals surface area contributed by atoms with Gasteiger partial charge in [0, 0.05) is 32.4 Å². The normalized spacial score (nSPS) is 17.1. The van der Waals surface area contributed by atoms with Gasteiger partial charge in [0.15, 0.2) is 0 Å². The zero-order valence-electron chi connectivity index (χ0n) is 9.53. The van der Waals surface area contributed by atoms with Crippen LogP contribution in [0.3, 0.4) is 0 Å². The number of pyridine rings is 1. The van der Waals surface area contributed by atoms with Crippen molar-refractivity contribution in [3.8, 4) is 0 Å². The number of piperazine rings is 1. The molecule has 1 N–H and O–H groups in total. The number of nitrogens with one attached hydrogen (secondary N) is 1. The Labute approximate surface area is 91.5 Å². The smallest absolute Gasteiger partial charge is 0.0556 e. The summed E-state index contributed by atoms with van der Waals surface area (Å²) < 4.78 is 0. The molecule has 3 heteroatoms. The Morgan fingerprint density at radius 2 is 2.00 bits per heavy atom. The second-order valence-electron chi connectivity index (χ2n) is 4.37. The van der Waals surface area contributed by atoms with Crippen LogP contribution in [-0.4, -0.2) is 31.2 Å². The van der Waals surface area contributed by atoms with Gasteiger partial charge in [-0.05, 0) is 17.5 Å². The number of anilines is 1. The average molecular weight is 205 g/mol. The highest BCUT2D eigenvalue weighted by atomic mass is 15.2. The van der Waals surface area contributed by atoms with Gasteiger partial charge in [-0.2, -0.15) is 0 Å². The van der Waals surface area contributed by atoms with Crippen LogP contribution in [0.1, 0.15) is 25.3 Å². The molecule has 1 saturated heterocycles. The maximum absolute atomic E-state index is 4.32. The largest absolute Gasteiger partial charge is 0.368 e. The lowest BCUT2D eigenvalue weighted by Gasteiger charge is -2.29. The lowest BCUT2D eigenvalue weighted by molar-refractivity contribution is 0.588. The van der Waals surface area contributed by atoms with Gasteiger partial charge in [-0.25, -0.2) is 0 Å². The highest BCUT2D eigenvalue weighted by Gasteiger charge is 2.11. The first kappa shape index (κ1) is 10.4. The van der Waals surface area contributed by atoms with E-state index in [0.29, 0.717) is 5.92 Å². The van der Waals surface area contributed by atoms with Crippen molar-refractivity contribution in [3.05, 3.63) is 24.0 Å². The maximum atomic E-state index is 4.32. The van der Waals surface area contributed by atoms with Crippen molar-refractivity contribution in [1.29, 1.82) is 0 Å². The van der Waals surface area contributed by atoms with Crippen LogP contribution in [0.5, 0.6) is 0 Å². The van der Waals surface area contributed by atoms with Crippen LogP contribution in [0.25, 0.3) is 0 Å². The number of hydrogen-bond acceptors (Lipinski definition) is 3. The monoisotopic (exact) mass is 205 g/mol. The van der Waals surface area contributed by atoms with Gasteiger partial charge in [0.2, 0.25) is 0 Å². The van der Waals surface area contributed by atoms with Crippen LogP contribution in [0.2, 0.25) is 0 Å². The van der Waals surface area contributed by atoms with Crippen LogP contribution in [0.4, 0.5) is 5.69 Å². The number of rotatable bonds is 2. The minimum absolute atomic E-state index is 0.556. The van der Waals surface area contributed by atoms with E-state index in [9.17, 15) is 0 Å². The molecule has 82 valence electrons. The van der Waals surface area contributed by atoms with Crippen LogP contribution < -0.4 is 10.2 Å². The fourth-order valence-electron chi connectivity index (χ4n) is 1.86. The predicted octanol–water partition coefficient (Wildman–Crippen LogP) is 1.61. The Hall–Kier alpha value is -1.09. The highest BCUT2D eigenvalue weighted by molar-refractivity contribution is 5.47. The van der Waals surface area contributed by atoms with Crippen molar-refractivity contribution < 1.29 is 0 Å². The number of hydrogen-bond donors (Lipinski definition) is 1. The Morgan fingerprint density at radius 3 is 2.67 bits per heavy atom. The topological polar surface area (TPSA) is 28.2 Å². The lowest BCUT2D eigenvalue weighted by Crippen LogP contribution is -2.43. The second-order valence-corrected chi connectivity index (χ2v) is 4.37. The number of nitrogens with zero attached hydrogens (tertiary/aromatic N) is 2. The van der Waals surface area contributed by atoms with E-state index in [4.69, 9.17) is 0 Å². The SMILES string of the molecule is CC(C)c1cncc(N2CCNCC2)c1. The summed E-state index contributed by atoms with van der Waals surface area (Å²) >= 11 is 0. The minimum Gasteiger partial charge on any atom is -0.368 e. The molecule has 0 radical (unpaired) electrons. The van der Waals surface area contributed by atoms with Crippen molar-refractivity contribution in [2.24, 2.45) is 0 Å². The second kappa shape index (κ2) is 4.62. The molecular formula is C12H19N3. The van der Waals surface area contributed by atoms with Gasteiger partial charge in [-0.3, -0.25) is 4.98 Å². The molecule has 1 aromatic heterocycles. The molecule has 2 rings (SSSR count). The van der Waals surface area contributed by atoms with Gasteiger partial charge in [0.1, 0.15) is 0 Å². The van der Waals surface area contributed by atoms with E-state index < -0.39 is 0 Å². The fraction of sp³-hybridized carbons (Fsp3) is 0.583. The predicted molar refractivity (Wildman–Crippen MR) is 63.4 cm³/mol. The molecule has 0 aliphatic carbocycles. The third-order valence-corrected chi connectivity index (χ3v) is 2.89. The van der Waals surface area contributed by atoms with E-state index in [0.717, 1.165) is 26.2 Å². The van der Waals surface area contributed by atoms with Crippen molar-refractivity contribution in [2.75, 3.05) is 31.1 Å². The zero-order chi connectivity index (χ0) is 10.7. The molecule has 2 heterocycles. The molecule has 0 atom stereocenters. The minimum atomic E-state index is 0.556. The molecule has 0 spiro atoms. The van der Waals surface area contributed by atoms with Gasteiger partial charge in [0.05, 0.1) is 11.9 Å². The quantitative estimate of drug-likeness (QED) is 0.795. The Bertz CT molecular complexity index is 316. The lowest BCUT2D eigenvalue weighted by atomic mass is 10.1. The molecule has 1 aliphatic rings. The van der Waals surface area contributed by atoms with Crippen LogP contribution in [0, 0.1) is 0 Å². The molecule has 3 nitrogen and oxygen atoms in total. The molecule has 1 aromatic rings. The van der Waals surface area contributed by atoms with E-state index in [1.54, 1.807) is 0 Å². The number of aromatic nitrogens is 1. The zero-order valence-corrected chi connectivity index (χ0v) is 9.53. The first-order chi connectivity index (χ1) is 7.27. The van der Waals surface area contributed by atoms with Crippen molar-refractivity contribution in [3.63, 3.8) is 0 Å². The van der Waals surface area contributed by atoms with Gasteiger partial charge in [0.25, 0.3) is 0 Å². The molecule has 1 fully saturated rings. The summed E-state index contributed by atoms with van der Waals surface area (Å²) in [5.41, 5.74) is 2.59. The van der Waals surface area contributed by atoms with Gasteiger partial charge in [-0.15, -0.1) is 0 Å². The van der Waals surface area contributed by atoms with E-state index in [1.807, 2.05) is 12.4 Å². The Balaban J connectivity index is 2.16. The van der Waals surface area contributed by atoms with Crippen molar-refractivity contribution in [1.82, 2.24) is 10.3 Å². The third kappa shape index (κ3) is 2.48. The van der Waals surface area contributed by atoms with Gasteiger partial charge >= 0.3 is 0 Å². The summed E-state index contributed by atoms with van der Waals surface area (Å²) in [6, 6.07) is 2.27. The Kier molecular flexibility index (Phi) is 3.21. The summed E-state index contributed by atoms with van der Waals surface area (Å²) in [5, 5.41) is 3.36. The Morgan fingerprint density at radius 1 is 1.27 bits per heavy atom. The summed E-state index contributed by atoms with van der Waals surface area (Å²) in [4.78, 5) is 6.72. The third-order valence-electron chi connectivity index (χ3n) is 2.89. The van der Waals surface area contributed by atoms with E-state index in [-0.39, 0.29) is 0 Å². The van der Waals surface area contributed by atoms with E-state index in [1.165, 1.54) is 11.3 Å². The van der Waals surface area contributed by atoms with Gasteiger partial charge < -0.3 is 10.2 Å². The summed E-state index contributed by atoms with van der Waals surface area (Å²) in [7, 11) is 0. The molecule has 0 unspecified atom stereocenters. The van der Waals surface area contributed by atoms with E-state index >= 15 is 0 Å². The van der Waals surface area contributed by atoms with Crippen molar-refractivity contribution >= 4 is 5.69 Å². The van der Waals surface area contributed by atoms with Crippen LogP contribution in [0.15, 0.2) is 18.5 Å². The average Bonchev–Trinajstić information content (AvgIpc) is 2.30. The molecule has 0 saturated carbocycles. The molecular weight excluding hydrogens is 186 g/mol. The van der Waals surface area contributed by atoms with E-state index in [2.05, 4.69) is 35.1 Å². The molecule has 1 aliphatic heterocycles. The van der Waals surface area contributed by atoms with Crippen molar-refractivity contribution in [2.45, 2.75) is 19.8 Å². The summed E-state index contributed by atoms with van der Waals surface area (Å²) in [6.07, 6.45) is 3.94. The first-order valence-corrected chi connectivity index (χ1v) is 5.68. The van der Waals surface area contributed by atoms with Crippen LogP contribution in [-0.2, 0) is 0 Å². The molecule has 0 amide bonds. The van der Waals surface area contributed by atoms with Crippen LogP contribution >= 0.6 is 0 Å². The maximum Gasteiger partial charge on any atom is 0.0556 e. The summed E-state index contributed by atoms with van der Waals surface area (Å²) in [5.74, 6) is 0.556. The summed E-state index contributed by atoms with van der Waals surface area (Å²) in [6.45, 7) is 8.74. The standard InChI is InChI=1S/C12H19N3/c1-10(2)11-7-12(9-14-8-11)15-5-3-13-4-6-15/h7-10,13H,3-6H2,1-2H3. The molecule has 0 bridgehead atoms. The van der Waals surface area contributed by atoms with Gasteiger partial charge in [-0.1, -0.05) is 13.8 Å². The fourth-order valence-corrected chi connectivity index (χ4v) is 1.86. The first-order valence-electron chi connectivity index (χ1n) is 5.68. The molecule has 15 heavy (non-hydrogen) atoms. The highest BCUT2D eigenvalue weighted by Crippen LogP contribution is 2.20. The molecule has 0 aromatic carbocycles.